The van der Waals surface area contributed by atoms with Crippen molar-refractivity contribution in [2.45, 2.75) is 5.41 Å². The Kier molecular flexibility index (Phi) is 5.42. The van der Waals surface area contributed by atoms with Crippen LogP contribution in [-0.2, 0) is 5.41 Å². The molecule has 0 bridgehead atoms. The zero-order valence-corrected chi connectivity index (χ0v) is 21.3. The van der Waals surface area contributed by atoms with Gasteiger partial charge in [0.1, 0.15) is 5.15 Å². The van der Waals surface area contributed by atoms with Gasteiger partial charge in [0.25, 0.3) is 0 Å². The van der Waals surface area contributed by atoms with Crippen molar-refractivity contribution in [3.63, 3.8) is 0 Å². The lowest BCUT2D eigenvalue weighted by Crippen LogP contribution is -2.28. The topological polar surface area (TPSA) is 25.8 Å². The lowest BCUT2D eigenvalue weighted by atomic mass is 9.67. The van der Waals surface area contributed by atoms with Crippen LogP contribution in [0.25, 0.3) is 33.8 Å². The van der Waals surface area contributed by atoms with Crippen molar-refractivity contribution in [2.75, 3.05) is 0 Å². The molecule has 0 atom stereocenters. The summed E-state index contributed by atoms with van der Waals surface area (Å²) < 4.78 is 0. The highest BCUT2D eigenvalue weighted by Gasteiger charge is 2.45. The average molecular weight is 507 g/mol. The van der Waals surface area contributed by atoms with Crippen molar-refractivity contribution in [3.05, 3.63) is 167 Å². The molecule has 1 aliphatic carbocycles. The van der Waals surface area contributed by atoms with Gasteiger partial charge in [0, 0.05) is 17.2 Å². The van der Waals surface area contributed by atoms with Crippen LogP contribution in [0.3, 0.4) is 0 Å². The van der Waals surface area contributed by atoms with E-state index in [9.17, 15) is 0 Å². The van der Waals surface area contributed by atoms with Gasteiger partial charge in [-0.3, -0.25) is 0 Å². The minimum absolute atomic E-state index is 0.411. The molecule has 0 N–H and O–H groups in total. The highest BCUT2D eigenvalue weighted by molar-refractivity contribution is 6.29. The quantitative estimate of drug-likeness (QED) is 0.223. The van der Waals surface area contributed by atoms with Crippen LogP contribution in [0.1, 0.15) is 22.3 Å². The van der Waals surface area contributed by atoms with E-state index < -0.39 is 5.41 Å². The standard InChI is InChI=1S/C35H23ClN2/c36-33-23-32(37-34(38-33)25-11-3-1-4-12-25)24-19-21-27(22-20-24)35(26-13-5-2-6-14-26)30-17-9-7-15-28(30)29-16-8-10-18-31(29)35/h1-23H. The van der Waals surface area contributed by atoms with Gasteiger partial charge in [0.2, 0.25) is 0 Å². The molecule has 0 saturated heterocycles. The molecule has 1 heterocycles. The van der Waals surface area contributed by atoms with Crippen LogP contribution in [-0.4, -0.2) is 9.97 Å². The SMILES string of the molecule is Clc1cc(-c2ccc(C3(c4ccccc4)c4ccccc4-c4ccccc43)cc2)nc(-c2ccccc2)n1. The van der Waals surface area contributed by atoms with Crippen molar-refractivity contribution in [3.8, 4) is 33.8 Å². The van der Waals surface area contributed by atoms with Gasteiger partial charge in [-0.25, -0.2) is 9.97 Å². The average Bonchev–Trinajstić information content (AvgIpc) is 3.29. The summed E-state index contributed by atoms with van der Waals surface area (Å²) in [5.74, 6) is 0.622. The second-order valence-electron chi connectivity index (χ2n) is 9.55. The maximum absolute atomic E-state index is 6.45. The summed E-state index contributed by atoms with van der Waals surface area (Å²) in [5.41, 5.74) is 9.97. The van der Waals surface area contributed by atoms with Crippen molar-refractivity contribution < 1.29 is 0 Å². The number of halogens is 1. The number of rotatable bonds is 4. The molecule has 0 spiro atoms. The predicted molar refractivity (Wildman–Crippen MR) is 155 cm³/mol. The number of fused-ring (bicyclic) bond motifs is 3. The van der Waals surface area contributed by atoms with E-state index >= 15 is 0 Å². The summed E-state index contributed by atoms with van der Waals surface area (Å²) in [6.07, 6.45) is 0. The fourth-order valence-electron chi connectivity index (χ4n) is 5.88. The Balaban J connectivity index is 1.41. The lowest BCUT2D eigenvalue weighted by molar-refractivity contribution is 0.768. The van der Waals surface area contributed by atoms with Gasteiger partial charge < -0.3 is 0 Å². The number of aromatic nitrogens is 2. The molecule has 5 aromatic carbocycles. The van der Waals surface area contributed by atoms with Crippen LogP contribution in [0.5, 0.6) is 0 Å². The first-order chi connectivity index (χ1) is 18.7. The Morgan fingerprint density at radius 2 is 1.00 bits per heavy atom. The zero-order valence-electron chi connectivity index (χ0n) is 20.6. The summed E-state index contributed by atoms with van der Waals surface area (Å²) >= 11 is 6.45. The summed E-state index contributed by atoms with van der Waals surface area (Å²) in [6.45, 7) is 0. The fraction of sp³-hybridized carbons (Fsp3) is 0.0286. The third-order valence-electron chi connectivity index (χ3n) is 7.50. The van der Waals surface area contributed by atoms with Crippen LogP contribution in [0.15, 0.2) is 140 Å². The van der Waals surface area contributed by atoms with E-state index in [1.165, 1.54) is 33.4 Å². The van der Waals surface area contributed by atoms with E-state index in [4.69, 9.17) is 16.6 Å². The van der Waals surface area contributed by atoms with Gasteiger partial charge >= 0.3 is 0 Å². The van der Waals surface area contributed by atoms with E-state index in [2.05, 4.69) is 108 Å². The smallest absolute Gasteiger partial charge is 0.161 e. The van der Waals surface area contributed by atoms with E-state index in [0.29, 0.717) is 11.0 Å². The van der Waals surface area contributed by atoms with Gasteiger partial charge in [-0.15, -0.1) is 0 Å². The first-order valence-corrected chi connectivity index (χ1v) is 13.1. The second-order valence-corrected chi connectivity index (χ2v) is 9.94. The Morgan fingerprint density at radius 1 is 0.474 bits per heavy atom. The molecule has 0 saturated carbocycles. The molecular formula is C35H23ClN2. The number of hydrogen-bond donors (Lipinski definition) is 0. The minimum atomic E-state index is -0.411. The van der Waals surface area contributed by atoms with Crippen LogP contribution in [0, 0.1) is 0 Å². The van der Waals surface area contributed by atoms with Crippen molar-refractivity contribution in [2.24, 2.45) is 0 Å². The number of hydrogen-bond acceptors (Lipinski definition) is 2. The number of nitrogens with zero attached hydrogens (tertiary/aromatic N) is 2. The van der Waals surface area contributed by atoms with Gasteiger partial charge in [0.05, 0.1) is 11.1 Å². The summed E-state index contributed by atoms with van der Waals surface area (Å²) in [5, 5.41) is 0.428. The molecule has 2 nitrogen and oxygen atoms in total. The predicted octanol–water partition coefficient (Wildman–Crippen LogP) is 8.83. The van der Waals surface area contributed by atoms with Crippen molar-refractivity contribution >= 4 is 11.6 Å². The minimum Gasteiger partial charge on any atom is -0.228 e. The largest absolute Gasteiger partial charge is 0.228 e. The van der Waals surface area contributed by atoms with Crippen LogP contribution in [0.2, 0.25) is 5.15 Å². The Bertz CT molecular complexity index is 1710. The molecule has 0 radical (unpaired) electrons. The van der Waals surface area contributed by atoms with Gasteiger partial charge in [-0.1, -0.05) is 145 Å². The molecule has 38 heavy (non-hydrogen) atoms. The fourth-order valence-corrected chi connectivity index (χ4v) is 6.07. The Labute approximate surface area is 227 Å². The van der Waals surface area contributed by atoms with E-state index in [-0.39, 0.29) is 0 Å². The maximum atomic E-state index is 6.45. The summed E-state index contributed by atoms with van der Waals surface area (Å²) in [4.78, 5) is 9.32. The van der Waals surface area contributed by atoms with E-state index in [1.807, 2.05) is 36.4 Å². The molecule has 0 fully saturated rings. The van der Waals surface area contributed by atoms with Crippen LogP contribution >= 0.6 is 11.6 Å². The third kappa shape index (κ3) is 3.49. The molecule has 6 aromatic rings. The van der Waals surface area contributed by atoms with Gasteiger partial charge in [0.15, 0.2) is 5.82 Å². The monoisotopic (exact) mass is 506 g/mol. The maximum Gasteiger partial charge on any atom is 0.161 e. The molecule has 1 aromatic heterocycles. The summed E-state index contributed by atoms with van der Waals surface area (Å²) in [6, 6.07) is 48.9. The highest BCUT2D eigenvalue weighted by Crippen LogP contribution is 2.55. The van der Waals surface area contributed by atoms with Crippen LogP contribution < -0.4 is 0 Å². The first-order valence-electron chi connectivity index (χ1n) is 12.7. The molecule has 1 aliphatic rings. The molecule has 0 unspecified atom stereocenters. The third-order valence-corrected chi connectivity index (χ3v) is 7.69. The Hall–Kier alpha value is -4.53. The number of benzene rings is 5. The van der Waals surface area contributed by atoms with Gasteiger partial charge in [-0.05, 0) is 33.4 Å². The normalized spacial score (nSPS) is 13.1. The van der Waals surface area contributed by atoms with Crippen molar-refractivity contribution in [1.29, 1.82) is 0 Å². The summed E-state index contributed by atoms with van der Waals surface area (Å²) in [7, 11) is 0. The molecular weight excluding hydrogens is 484 g/mol. The van der Waals surface area contributed by atoms with Crippen LogP contribution in [0.4, 0.5) is 0 Å². The zero-order chi connectivity index (χ0) is 25.5. The van der Waals surface area contributed by atoms with Gasteiger partial charge in [-0.2, -0.15) is 0 Å². The second kappa shape index (κ2) is 9.09. The lowest BCUT2D eigenvalue weighted by Gasteiger charge is -2.34. The molecule has 3 heteroatoms. The molecule has 180 valence electrons. The van der Waals surface area contributed by atoms with E-state index in [1.54, 1.807) is 0 Å². The first kappa shape index (κ1) is 22.7. The molecule has 0 aliphatic heterocycles. The van der Waals surface area contributed by atoms with Crippen molar-refractivity contribution in [1.82, 2.24) is 9.97 Å². The van der Waals surface area contributed by atoms with E-state index in [0.717, 1.165) is 16.8 Å². The molecule has 0 amide bonds. The highest BCUT2D eigenvalue weighted by atomic mass is 35.5. The molecule has 7 rings (SSSR count). The Morgan fingerprint density at radius 3 is 1.63 bits per heavy atom.